The molecule has 0 saturated carbocycles. The number of nitrogens with zero attached hydrogens (tertiary/aromatic N) is 6. The maximum absolute atomic E-state index is 5.65. The van der Waals surface area contributed by atoms with Gasteiger partial charge in [0.25, 0.3) is 0 Å². The van der Waals surface area contributed by atoms with E-state index in [-0.39, 0.29) is 0 Å². The van der Waals surface area contributed by atoms with E-state index in [0.29, 0.717) is 32.2 Å². The van der Waals surface area contributed by atoms with Crippen LogP contribution in [0.3, 0.4) is 0 Å². The van der Waals surface area contributed by atoms with Crippen molar-refractivity contribution in [3.63, 3.8) is 0 Å². The molecule has 2 aliphatic rings. The van der Waals surface area contributed by atoms with Gasteiger partial charge < -0.3 is 19.1 Å². The number of aromatic nitrogens is 4. The molecular weight excluding hydrogens is 434 g/mol. The van der Waals surface area contributed by atoms with Gasteiger partial charge in [-0.1, -0.05) is 0 Å². The first-order valence-electron chi connectivity index (χ1n) is 11.2. The van der Waals surface area contributed by atoms with Crippen molar-refractivity contribution >= 4 is 23.5 Å². The summed E-state index contributed by atoms with van der Waals surface area (Å²) in [5.41, 5.74) is 6.52. The third-order valence-corrected chi connectivity index (χ3v) is 5.68. The maximum atomic E-state index is 5.65. The molecule has 0 radical (unpaired) electrons. The molecule has 34 heavy (non-hydrogen) atoms. The molecule has 6 rings (SSSR count). The molecule has 0 amide bonds. The zero-order valence-electron chi connectivity index (χ0n) is 18.4. The third-order valence-electron chi connectivity index (χ3n) is 5.68. The van der Waals surface area contributed by atoms with Crippen molar-refractivity contribution in [2.75, 3.05) is 49.8 Å². The fourth-order valence-electron chi connectivity index (χ4n) is 4.01. The van der Waals surface area contributed by atoms with E-state index in [9.17, 15) is 0 Å². The van der Waals surface area contributed by atoms with Crippen molar-refractivity contribution in [2.45, 2.75) is 0 Å². The Bertz CT molecular complexity index is 1330. The number of fused-ring (bicyclic) bond motifs is 2. The average molecular weight is 457 g/mol. The molecule has 0 bridgehead atoms. The highest BCUT2D eigenvalue weighted by atomic mass is 16.6. The van der Waals surface area contributed by atoms with Crippen LogP contribution in [-0.2, 0) is 4.74 Å². The summed E-state index contributed by atoms with van der Waals surface area (Å²) in [6, 6.07) is 13.5. The highest BCUT2D eigenvalue weighted by molar-refractivity contribution is 5.81. The van der Waals surface area contributed by atoms with Crippen molar-refractivity contribution in [3.8, 4) is 22.8 Å². The minimum atomic E-state index is 0.549. The number of morpholine rings is 1. The number of hydrogen-bond donors (Lipinski definition) is 1. The smallest absolute Gasteiger partial charge is 0.162 e. The molecule has 172 valence electrons. The van der Waals surface area contributed by atoms with Gasteiger partial charge in [0.1, 0.15) is 19.0 Å². The van der Waals surface area contributed by atoms with Crippen molar-refractivity contribution in [3.05, 3.63) is 60.4 Å². The Morgan fingerprint density at radius 1 is 0.912 bits per heavy atom. The van der Waals surface area contributed by atoms with Crippen LogP contribution in [0.25, 0.3) is 16.9 Å². The second-order valence-corrected chi connectivity index (χ2v) is 7.91. The van der Waals surface area contributed by atoms with Gasteiger partial charge in [0.15, 0.2) is 23.0 Å². The minimum absolute atomic E-state index is 0.549. The average Bonchev–Trinajstić information content (AvgIpc) is 3.33. The molecule has 1 fully saturated rings. The van der Waals surface area contributed by atoms with E-state index in [0.717, 1.165) is 52.9 Å². The molecule has 1 N–H and O–H groups in total. The number of ether oxygens (including phenoxy) is 3. The highest BCUT2D eigenvalue weighted by Crippen LogP contribution is 2.30. The number of nitrogens with one attached hydrogen (secondary N) is 1. The summed E-state index contributed by atoms with van der Waals surface area (Å²) >= 11 is 0. The van der Waals surface area contributed by atoms with Crippen LogP contribution in [0.2, 0.25) is 0 Å². The van der Waals surface area contributed by atoms with Crippen molar-refractivity contribution in [2.24, 2.45) is 5.10 Å². The summed E-state index contributed by atoms with van der Waals surface area (Å²) < 4.78 is 18.6. The second-order valence-electron chi connectivity index (χ2n) is 7.91. The van der Waals surface area contributed by atoms with E-state index in [4.69, 9.17) is 24.3 Å². The molecule has 0 spiro atoms. The van der Waals surface area contributed by atoms with Crippen LogP contribution in [0.4, 0.5) is 11.6 Å². The zero-order valence-corrected chi connectivity index (χ0v) is 18.4. The van der Waals surface area contributed by atoms with Gasteiger partial charge in [-0.15, -0.1) is 0 Å². The monoisotopic (exact) mass is 457 g/mol. The number of benzene rings is 1. The van der Waals surface area contributed by atoms with E-state index in [1.54, 1.807) is 18.6 Å². The molecule has 1 aromatic carbocycles. The molecule has 3 aromatic heterocycles. The van der Waals surface area contributed by atoms with Gasteiger partial charge in [0.05, 0.1) is 25.1 Å². The second kappa shape index (κ2) is 8.99. The van der Waals surface area contributed by atoms with E-state index in [2.05, 4.69) is 20.4 Å². The largest absolute Gasteiger partial charge is 0.486 e. The van der Waals surface area contributed by atoms with E-state index in [1.165, 1.54) is 0 Å². The number of hydrogen-bond acceptors (Lipinski definition) is 9. The Morgan fingerprint density at radius 3 is 2.59 bits per heavy atom. The normalized spacial score (nSPS) is 15.7. The molecule has 2 aliphatic heterocycles. The number of rotatable bonds is 5. The molecule has 0 atom stereocenters. The lowest BCUT2D eigenvalue weighted by Gasteiger charge is -2.29. The Morgan fingerprint density at radius 2 is 1.74 bits per heavy atom. The van der Waals surface area contributed by atoms with Crippen molar-refractivity contribution in [1.29, 1.82) is 0 Å². The number of hydrazone groups is 1. The summed E-state index contributed by atoms with van der Waals surface area (Å²) in [6.07, 6.45) is 5.25. The van der Waals surface area contributed by atoms with Gasteiger partial charge in [0, 0.05) is 43.2 Å². The SMILES string of the molecule is C(=NNc1cc(N2CCOCC2)n2nc(-c3ccncc3)cc2n1)c1ccc2c(c1)OCCO2. The van der Waals surface area contributed by atoms with Gasteiger partial charge >= 0.3 is 0 Å². The van der Waals surface area contributed by atoms with Crippen LogP contribution in [0.1, 0.15) is 5.56 Å². The van der Waals surface area contributed by atoms with E-state index in [1.807, 2.05) is 47.0 Å². The fourth-order valence-corrected chi connectivity index (χ4v) is 4.01. The first kappa shape index (κ1) is 20.4. The van der Waals surface area contributed by atoms with E-state index >= 15 is 0 Å². The highest BCUT2D eigenvalue weighted by Gasteiger charge is 2.18. The predicted octanol–water partition coefficient (Wildman–Crippen LogP) is 2.85. The molecule has 0 unspecified atom stereocenters. The molecule has 5 heterocycles. The minimum Gasteiger partial charge on any atom is -0.486 e. The quantitative estimate of drug-likeness (QED) is 0.361. The Hall–Kier alpha value is -4.18. The maximum Gasteiger partial charge on any atom is 0.162 e. The first-order chi connectivity index (χ1) is 16.8. The van der Waals surface area contributed by atoms with Crippen molar-refractivity contribution < 1.29 is 14.2 Å². The number of anilines is 2. The topological polar surface area (TPSA) is 98.4 Å². The van der Waals surface area contributed by atoms with Crippen LogP contribution < -0.4 is 19.8 Å². The Kier molecular flexibility index (Phi) is 5.40. The molecule has 4 aromatic rings. The summed E-state index contributed by atoms with van der Waals surface area (Å²) in [5.74, 6) is 3.05. The van der Waals surface area contributed by atoms with Crippen LogP contribution >= 0.6 is 0 Å². The first-order valence-corrected chi connectivity index (χ1v) is 11.2. The van der Waals surface area contributed by atoms with Gasteiger partial charge in [0.2, 0.25) is 0 Å². The fraction of sp³-hybridized carbons (Fsp3) is 0.250. The Labute approximate surface area is 195 Å². The molecule has 10 heteroatoms. The molecule has 0 aliphatic carbocycles. The third kappa shape index (κ3) is 4.11. The lowest BCUT2D eigenvalue weighted by Crippen LogP contribution is -2.37. The number of pyridine rings is 1. The van der Waals surface area contributed by atoms with Gasteiger partial charge in [-0.25, -0.2) is 4.98 Å². The van der Waals surface area contributed by atoms with Gasteiger partial charge in [-0.2, -0.15) is 14.7 Å². The van der Waals surface area contributed by atoms with E-state index < -0.39 is 0 Å². The van der Waals surface area contributed by atoms with Gasteiger partial charge in [-0.3, -0.25) is 10.4 Å². The zero-order chi connectivity index (χ0) is 22.7. The lowest BCUT2D eigenvalue weighted by molar-refractivity contribution is 0.122. The standard InChI is InChI=1S/C24H23N7O3/c1-2-20-21(34-12-11-33-20)13-17(1)16-26-28-22-15-24(30-7-9-32-10-8-30)31-23(27-22)14-19(29-31)18-3-5-25-6-4-18/h1-6,13-16H,7-12H2,(H,27,28). The van der Waals surface area contributed by atoms with Crippen LogP contribution in [0.5, 0.6) is 11.5 Å². The van der Waals surface area contributed by atoms with Crippen LogP contribution in [0, 0.1) is 0 Å². The van der Waals surface area contributed by atoms with Crippen LogP contribution in [-0.4, -0.2) is 65.3 Å². The van der Waals surface area contributed by atoms with Crippen molar-refractivity contribution in [1.82, 2.24) is 19.6 Å². The lowest BCUT2D eigenvalue weighted by atomic mass is 10.2. The molecule has 1 saturated heterocycles. The predicted molar refractivity (Wildman–Crippen MR) is 128 cm³/mol. The summed E-state index contributed by atoms with van der Waals surface area (Å²) in [4.78, 5) is 11.1. The van der Waals surface area contributed by atoms with Gasteiger partial charge in [-0.05, 0) is 35.9 Å². The Balaban J connectivity index is 1.31. The molecule has 10 nitrogen and oxygen atoms in total. The summed E-state index contributed by atoms with van der Waals surface area (Å²) in [7, 11) is 0. The summed E-state index contributed by atoms with van der Waals surface area (Å²) in [6.45, 7) is 4.03. The molecular formula is C24H23N7O3. The van der Waals surface area contributed by atoms with Crippen LogP contribution in [0.15, 0.2) is 60.0 Å². The summed E-state index contributed by atoms with van der Waals surface area (Å²) in [5, 5.41) is 9.22.